The van der Waals surface area contributed by atoms with Crippen LogP contribution in [0.4, 0.5) is 25.8 Å². The number of hydrogen-bond donors (Lipinski definition) is 4. The summed E-state index contributed by atoms with van der Waals surface area (Å²) in [7, 11) is -3.43. The molecule has 29 heavy (non-hydrogen) atoms. The molecule has 0 amide bonds. The zero-order valence-corrected chi connectivity index (χ0v) is 18.4. The Kier molecular flexibility index (Phi) is 7.37. The molecule has 0 bridgehead atoms. The highest BCUT2D eigenvalue weighted by molar-refractivity contribution is 7.92. The third-order valence-corrected chi connectivity index (χ3v) is 6.51. The van der Waals surface area contributed by atoms with Crippen LogP contribution in [0.25, 0.3) is 0 Å². The van der Waals surface area contributed by atoms with Crippen molar-refractivity contribution in [1.29, 1.82) is 0 Å². The maximum Gasteiger partial charge on any atom is 0.248 e. The third kappa shape index (κ3) is 7.29. The molecule has 0 aromatic heterocycles. The highest BCUT2D eigenvalue weighted by atomic mass is 32.2. The van der Waals surface area contributed by atoms with Crippen LogP contribution in [-0.2, 0) is 10.0 Å². The number of aliphatic hydroxyl groups is 1. The minimum absolute atomic E-state index is 0.0489. The van der Waals surface area contributed by atoms with Gasteiger partial charge in [0, 0.05) is 24.8 Å². The van der Waals surface area contributed by atoms with E-state index in [0.29, 0.717) is 36.4 Å². The number of halogens is 2. The van der Waals surface area contributed by atoms with Crippen molar-refractivity contribution in [2.45, 2.75) is 65.5 Å². The maximum atomic E-state index is 13.4. The lowest BCUT2D eigenvalue weighted by Gasteiger charge is -2.30. The molecule has 9 heteroatoms. The van der Waals surface area contributed by atoms with Gasteiger partial charge in [0.1, 0.15) is 6.23 Å². The Morgan fingerprint density at radius 2 is 1.83 bits per heavy atom. The van der Waals surface area contributed by atoms with Gasteiger partial charge in [-0.1, -0.05) is 20.8 Å². The number of benzene rings is 1. The van der Waals surface area contributed by atoms with Gasteiger partial charge in [0.05, 0.1) is 22.8 Å². The van der Waals surface area contributed by atoms with Crippen LogP contribution in [0.2, 0.25) is 0 Å². The van der Waals surface area contributed by atoms with Crippen molar-refractivity contribution in [2.75, 3.05) is 27.7 Å². The lowest BCUT2D eigenvalue weighted by atomic mass is 9.87. The van der Waals surface area contributed by atoms with Crippen molar-refractivity contribution in [3.63, 3.8) is 0 Å². The molecular weight excluding hydrogens is 400 g/mol. The van der Waals surface area contributed by atoms with Gasteiger partial charge in [-0.15, -0.1) is 0 Å². The average molecular weight is 434 g/mol. The highest BCUT2D eigenvalue weighted by Gasteiger charge is 2.34. The van der Waals surface area contributed by atoms with E-state index in [-0.39, 0.29) is 24.5 Å². The van der Waals surface area contributed by atoms with Crippen LogP contribution in [0.1, 0.15) is 53.4 Å². The first-order chi connectivity index (χ1) is 13.3. The van der Waals surface area contributed by atoms with Gasteiger partial charge in [-0.2, -0.15) is 0 Å². The van der Waals surface area contributed by atoms with E-state index in [1.807, 2.05) is 20.8 Å². The van der Waals surface area contributed by atoms with Gasteiger partial charge >= 0.3 is 0 Å². The molecule has 2 rings (SSSR count). The summed E-state index contributed by atoms with van der Waals surface area (Å²) < 4.78 is 53.0. The van der Waals surface area contributed by atoms with Crippen molar-refractivity contribution < 1.29 is 22.3 Å². The topological polar surface area (TPSA) is 90.5 Å². The van der Waals surface area contributed by atoms with Gasteiger partial charge in [-0.05, 0) is 43.9 Å². The van der Waals surface area contributed by atoms with E-state index in [4.69, 9.17) is 0 Å². The Bertz CT molecular complexity index is 785. The summed E-state index contributed by atoms with van der Waals surface area (Å²) in [5.41, 5.74) is 1.18. The first-order valence-electron chi connectivity index (χ1n) is 10.0. The molecule has 0 aliphatic heterocycles. The summed E-state index contributed by atoms with van der Waals surface area (Å²) in [6.07, 6.45) is -0.131. The molecule has 1 atom stereocenters. The molecule has 1 unspecified atom stereocenters. The van der Waals surface area contributed by atoms with E-state index < -0.39 is 27.6 Å². The molecule has 1 aliphatic carbocycles. The van der Waals surface area contributed by atoms with Gasteiger partial charge in [-0.3, -0.25) is 4.72 Å². The number of aliphatic hydroxyl groups excluding tert-OH is 1. The molecule has 0 spiro atoms. The SMILES string of the molecule is CCS(=O)(=O)Nc1ccc(NCC2CCC(F)(F)CC2)c(NC(O)C(C)(C)C)c1. The Labute approximate surface area is 172 Å². The Hall–Kier alpha value is -1.61. The van der Waals surface area contributed by atoms with Crippen molar-refractivity contribution in [3.8, 4) is 0 Å². The lowest BCUT2D eigenvalue weighted by molar-refractivity contribution is -0.0443. The summed E-state index contributed by atoms with van der Waals surface area (Å²) in [6, 6.07) is 4.99. The normalized spacial score (nSPS) is 18.9. The molecule has 4 N–H and O–H groups in total. The second kappa shape index (κ2) is 9.04. The number of sulfonamides is 1. The fourth-order valence-corrected chi connectivity index (χ4v) is 3.69. The third-order valence-electron chi connectivity index (χ3n) is 5.20. The van der Waals surface area contributed by atoms with Crippen LogP contribution in [0, 0.1) is 11.3 Å². The zero-order chi connectivity index (χ0) is 21.9. The maximum absolute atomic E-state index is 13.4. The van der Waals surface area contributed by atoms with Crippen LogP contribution in [0.3, 0.4) is 0 Å². The van der Waals surface area contributed by atoms with E-state index >= 15 is 0 Å². The molecule has 0 heterocycles. The first kappa shape index (κ1) is 23.7. The Morgan fingerprint density at radius 1 is 1.21 bits per heavy atom. The van der Waals surface area contributed by atoms with E-state index in [0.717, 1.165) is 0 Å². The number of nitrogens with one attached hydrogen (secondary N) is 3. The molecule has 0 radical (unpaired) electrons. The molecule has 166 valence electrons. The Morgan fingerprint density at radius 3 is 2.38 bits per heavy atom. The van der Waals surface area contributed by atoms with Crippen LogP contribution in [-0.4, -0.2) is 38.0 Å². The minimum Gasteiger partial charge on any atom is -0.383 e. The molecule has 1 saturated carbocycles. The lowest BCUT2D eigenvalue weighted by Crippen LogP contribution is -2.34. The van der Waals surface area contributed by atoms with Crippen LogP contribution in [0.15, 0.2) is 18.2 Å². The summed E-state index contributed by atoms with van der Waals surface area (Å²) in [4.78, 5) is 0. The van der Waals surface area contributed by atoms with Crippen LogP contribution < -0.4 is 15.4 Å². The van der Waals surface area contributed by atoms with E-state index in [1.54, 1.807) is 25.1 Å². The first-order valence-corrected chi connectivity index (χ1v) is 11.7. The van der Waals surface area contributed by atoms with Crippen molar-refractivity contribution in [2.24, 2.45) is 11.3 Å². The summed E-state index contributed by atoms with van der Waals surface area (Å²) in [6.45, 7) is 7.72. The monoisotopic (exact) mass is 433 g/mol. The van der Waals surface area contributed by atoms with E-state index in [9.17, 15) is 22.3 Å². The number of hydrogen-bond acceptors (Lipinski definition) is 5. The molecule has 1 aromatic rings. The van der Waals surface area contributed by atoms with Crippen molar-refractivity contribution in [3.05, 3.63) is 18.2 Å². The zero-order valence-electron chi connectivity index (χ0n) is 17.6. The Balaban J connectivity index is 2.16. The average Bonchev–Trinajstić information content (AvgIpc) is 2.61. The smallest absolute Gasteiger partial charge is 0.248 e. The second-order valence-corrected chi connectivity index (χ2v) is 10.9. The molecular formula is C20H33F2N3O3S. The molecule has 1 fully saturated rings. The fraction of sp³-hybridized carbons (Fsp3) is 0.700. The van der Waals surface area contributed by atoms with E-state index in [1.165, 1.54) is 0 Å². The van der Waals surface area contributed by atoms with Gasteiger partial charge < -0.3 is 15.7 Å². The standard InChI is InChI=1S/C20H33F2N3O3S/c1-5-29(27,28)25-15-6-7-16(17(12-15)24-18(26)19(2,3)4)23-13-14-8-10-20(21,22)11-9-14/h6-7,12,14,18,23-26H,5,8-11,13H2,1-4H3. The van der Waals surface area contributed by atoms with Crippen LogP contribution in [0.5, 0.6) is 0 Å². The number of rotatable bonds is 8. The van der Waals surface area contributed by atoms with Gasteiger partial charge in [0.25, 0.3) is 0 Å². The predicted molar refractivity (Wildman–Crippen MR) is 114 cm³/mol. The van der Waals surface area contributed by atoms with Gasteiger partial charge in [0.2, 0.25) is 15.9 Å². The number of alkyl halides is 2. The summed E-state index contributed by atoms with van der Waals surface area (Å²) >= 11 is 0. The summed E-state index contributed by atoms with van der Waals surface area (Å²) in [5.74, 6) is -2.46. The largest absolute Gasteiger partial charge is 0.383 e. The number of anilines is 3. The van der Waals surface area contributed by atoms with Gasteiger partial charge in [-0.25, -0.2) is 17.2 Å². The quantitative estimate of drug-likeness (QED) is 0.455. The highest BCUT2D eigenvalue weighted by Crippen LogP contribution is 2.37. The van der Waals surface area contributed by atoms with Crippen molar-refractivity contribution >= 4 is 27.1 Å². The fourth-order valence-electron chi connectivity index (χ4n) is 3.06. The molecule has 6 nitrogen and oxygen atoms in total. The predicted octanol–water partition coefficient (Wildman–Crippen LogP) is 4.46. The molecule has 1 aromatic carbocycles. The van der Waals surface area contributed by atoms with E-state index in [2.05, 4.69) is 15.4 Å². The molecule has 0 saturated heterocycles. The summed E-state index contributed by atoms with van der Waals surface area (Å²) in [5, 5.41) is 16.8. The molecule has 1 aliphatic rings. The van der Waals surface area contributed by atoms with Crippen molar-refractivity contribution in [1.82, 2.24) is 0 Å². The second-order valence-electron chi connectivity index (χ2n) is 8.86. The minimum atomic E-state index is -3.43. The van der Waals surface area contributed by atoms with Crippen LogP contribution >= 0.6 is 0 Å². The van der Waals surface area contributed by atoms with Gasteiger partial charge in [0.15, 0.2) is 0 Å².